The van der Waals surface area contributed by atoms with E-state index < -0.39 is 0 Å². The molecule has 1 aliphatic heterocycles. The van der Waals surface area contributed by atoms with Crippen LogP contribution in [0.15, 0.2) is 42.5 Å². The number of carbonyl (C=O) groups is 1. The third-order valence-electron chi connectivity index (χ3n) is 5.40. The average molecular weight is 393 g/mol. The Morgan fingerprint density at radius 1 is 0.793 bits per heavy atom. The molecular weight excluding hydrogens is 370 g/mol. The summed E-state index contributed by atoms with van der Waals surface area (Å²) >= 11 is 0. The first-order chi connectivity index (χ1) is 14.1. The minimum Gasteiger partial charge on any atom is -0.496 e. The van der Waals surface area contributed by atoms with Gasteiger partial charge in [0, 0.05) is 34.9 Å². The minimum absolute atomic E-state index is 0.0476. The number of benzene rings is 3. The van der Waals surface area contributed by atoms with Crippen LogP contribution in [-0.2, 0) is 4.79 Å². The summed E-state index contributed by atoms with van der Waals surface area (Å²) in [5, 5.41) is 4.84. The van der Waals surface area contributed by atoms with Crippen LogP contribution in [0.3, 0.4) is 0 Å². The molecule has 4 rings (SSSR count). The SMILES string of the molecule is COc1cc2c(cc1OC)C(c1ccc(OC)c3cccc(OC)c13)CC(=O)N2. The van der Waals surface area contributed by atoms with Gasteiger partial charge in [-0.25, -0.2) is 0 Å². The number of hydrogen-bond donors (Lipinski definition) is 1. The molecule has 0 bridgehead atoms. The molecule has 0 saturated carbocycles. The van der Waals surface area contributed by atoms with Crippen LogP contribution >= 0.6 is 0 Å². The summed E-state index contributed by atoms with van der Waals surface area (Å²) in [6.45, 7) is 0. The van der Waals surface area contributed by atoms with E-state index in [1.807, 2.05) is 36.4 Å². The number of methoxy groups -OCH3 is 4. The van der Waals surface area contributed by atoms with Gasteiger partial charge in [0.05, 0.1) is 28.4 Å². The zero-order valence-corrected chi connectivity index (χ0v) is 16.9. The number of nitrogens with one attached hydrogen (secondary N) is 1. The van der Waals surface area contributed by atoms with Gasteiger partial charge in [0.1, 0.15) is 11.5 Å². The lowest BCUT2D eigenvalue weighted by molar-refractivity contribution is -0.116. The summed E-state index contributed by atoms with van der Waals surface area (Å²) in [5.41, 5.74) is 2.70. The highest BCUT2D eigenvalue weighted by molar-refractivity contribution is 6.00. The molecule has 3 aromatic rings. The fourth-order valence-electron chi connectivity index (χ4n) is 4.08. The standard InChI is InChI=1S/C23H23NO5/c1-26-18-9-8-13(23-14(18)6-5-7-19(23)27-2)15-11-22(25)24-17-12-21(29-4)20(28-3)10-16(15)17/h5-10,12,15H,11H2,1-4H3,(H,24,25). The predicted molar refractivity (Wildman–Crippen MR) is 112 cm³/mol. The Labute approximate surface area is 169 Å². The predicted octanol–water partition coefficient (Wildman–Crippen LogP) is 4.35. The summed E-state index contributed by atoms with van der Waals surface area (Å²) in [5.74, 6) is 2.48. The van der Waals surface area contributed by atoms with Crippen molar-refractivity contribution < 1.29 is 23.7 Å². The van der Waals surface area contributed by atoms with Crippen LogP contribution in [0.5, 0.6) is 23.0 Å². The van der Waals surface area contributed by atoms with Crippen molar-refractivity contribution >= 4 is 22.4 Å². The molecule has 150 valence electrons. The highest BCUT2D eigenvalue weighted by Crippen LogP contribution is 2.47. The van der Waals surface area contributed by atoms with E-state index in [9.17, 15) is 4.79 Å². The molecule has 3 aromatic carbocycles. The van der Waals surface area contributed by atoms with Gasteiger partial charge in [0.2, 0.25) is 5.91 Å². The van der Waals surface area contributed by atoms with Crippen molar-refractivity contribution in [3.63, 3.8) is 0 Å². The fourth-order valence-corrected chi connectivity index (χ4v) is 4.08. The molecule has 0 fully saturated rings. The van der Waals surface area contributed by atoms with Crippen LogP contribution in [0, 0.1) is 0 Å². The second-order valence-electron chi connectivity index (χ2n) is 6.84. The maximum atomic E-state index is 12.5. The molecule has 1 N–H and O–H groups in total. The molecule has 1 amide bonds. The minimum atomic E-state index is -0.164. The first-order valence-electron chi connectivity index (χ1n) is 9.30. The Morgan fingerprint density at radius 3 is 2.17 bits per heavy atom. The molecule has 0 aromatic heterocycles. The normalized spacial score (nSPS) is 15.4. The van der Waals surface area contributed by atoms with Crippen LogP contribution in [0.2, 0.25) is 0 Å². The molecule has 29 heavy (non-hydrogen) atoms. The molecule has 1 unspecified atom stereocenters. The number of anilines is 1. The molecular formula is C23H23NO5. The summed E-state index contributed by atoms with van der Waals surface area (Å²) in [6.07, 6.45) is 0.321. The monoisotopic (exact) mass is 393 g/mol. The highest BCUT2D eigenvalue weighted by atomic mass is 16.5. The van der Waals surface area contributed by atoms with E-state index in [1.54, 1.807) is 34.5 Å². The van der Waals surface area contributed by atoms with Gasteiger partial charge < -0.3 is 24.3 Å². The van der Waals surface area contributed by atoms with Gasteiger partial charge in [-0.1, -0.05) is 18.2 Å². The van der Waals surface area contributed by atoms with Crippen molar-refractivity contribution in [1.82, 2.24) is 0 Å². The van der Waals surface area contributed by atoms with E-state index in [-0.39, 0.29) is 11.8 Å². The van der Waals surface area contributed by atoms with Gasteiger partial charge in [0.25, 0.3) is 0 Å². The Balaban J connectivity index is 1.99. The second kappa shape index (κ2) is 7.54. The molecule has 6 heteroatoms. The molecule has 1 atom stereocenters. The Morgan fingerprint density at radius 2 is 1.48 bits per heavy atom. The van der Waals surface area contributed by atoms with E-state index in [0.29, 0.717) is 17.9 Å². The topological polar surface area (TPSA) is 66.0 Å². The van der Waals surface area contributed by atoms with Gasteiger partial charge >= 0.3 is 0 Å². The summed E-state index contributed by atoms with van der Waals surface area (Å²) < 4.78 is 22.1. The van der Waals surface area contributed by atoms with Gasteiger partial charge in [-0.3, -0.25) is 4.79 Å². The Kier molecular flexibility index (Phi) is 4.92. The first-order valence-corrected chi connectivity index (χ1v) is 9.30. The number of hydrogen-bond acceptors (Lipinski definition) is 5. The van der Waals surface area contributed by atoms with Crippen LogP contribution < -0.4 is 24.3 Å². The average Bonchev–Trinajstić information content (AvgIpc) is 2.76. The van der Waals surface area contributed by atoms with Crippen molar-refractivity contribution in [2.24, 2.45) is 0 Å². The van der Waals surface area contributed by atoms with E-state index in [1.165, 1.54) is 0 Å². The smallest absolute Gasteiger partial charge is 0.225 e. The van der Waals surface area contributed by atoms with Crippen molar-refractivity contribution in [2.45, 2.75) is 12.3 Å². The highest BCUT2D eigenvalue weighted by Gasteiger charge is 2.30. The van der Waals surface area contributed by atoms with Gasteiger partial charge in [0.15, 0.2) is 11.5 Å². The fraction of sp³-hybridized carbons (Fsp3) is 0.261. The maximum Gasteiger partial charge on any atom is 0.225 e. The number of amides is 1. The lowest BCUT2D eigenvalue weighted by Gasteiger charge is -2.28. The van der Waals surface area contributed by atoms with E-state index >= 15 is 0 Å². The zero-order valence-electron chi connectivity index (χ0n) is 16.9. The largest absolute Gasteiger partial charge is 0.496 e. The van der Waals surface area contributed by atoms with E-state index in [4.69, 9.17) is 18.9 Å². The molecule has 0 spiro atoms. The lowest BCUT2D eigenvalue weighted by Crippen LogP contribution is -2.24. The van der Waals surface area contributed by atoms with Crippen LogP contribution in [0.25, 0.3) is 10.8 Å². The Bertz CT molecular complexity index is 1090. The van der Waals surface area contributed by atoms with Crippen molar-refractivity contribution in [3.05, 3.63) is 53.6 Å². The van der Waals surface area contributed by atoms with Gasteiger partial charge in [-0.05, 0) is 29.3 Å². The van der Waals surface area contributed by atoms with E-state index in [0.717, 1.165) is 39.1 Å². The summed E-state index contributed by atoms with van der Waals surface area (Å²) in [7, 11) is 6.47. The summed E-state index contributed by atoms with van der Waals surface area (Å²) in [6, 6.07) is 13.5. The van der Waals surface area contributed by atoms with E-state index in [2.05, 4.69) is 5.32 Å². The molecule has 1 heterocycles. The molecule has 1 aliphatic rings. The van der Waals surface area contributed by atoms with Crippen molar-refractivity contribution in [3.8, 4) is 23.0 Å². The van der Waals surface area contributed by atoms with Crippen LogP contribution in [0.4, 0.5) is 5.69 Å². The molecule has 6 nitrogen and oxygen atoms in total. The third-order valence-corrected chi connectivity index (χ3v) is 5.40. The number of ether oxygens (including phenoxy) is 4. The first kappa shape index (κ1) is 18.9. The molecule has 0 radical (unpaired) electrons. The molecule has 0 saturated heterocycles. The van der Waals surface area contributed by atoms with Crippen molar-refractivity contribution in [1.29, 1.82) is 0 Å². The number of rotatable bonds is 5. The van der Waals surface area contributed by atoms with Crippen LogP contribution in [-0.4, -0.2) is 34.3 Å². The van der Waals surface area contributed by atoms with Crippen LogP contribution in [0.1, 0.15) is 23.5 Å². The van der Waals surface area contributed by atoms with Crippen molar-refractivity contribution in [2.75, 3.05) is 33.8 Å². The second-order valence-corrected chi connectivity index (χ2v) is 6.84. The number of fused-ring (bicyclic) bond motifs is 2. The van der Waals surface area contributed by atoms with Gasteiger partial charge in [-0.15, -0.1) is 0 Å². The maximum absolute atomic E-state index is 12.5. The zero-order chi connectivity index (χ0) is 20.5. The number of carbonyl (C=O) groups excluding carboxylic acids is 1. The third kappa shape index (κ3) is 3.10. The quantitative estimate of drug-likeness (QED) is 0.698. The summed E-state index contributed by atoms with van der Waals surface area (Å²) in [4.78, 5) is 12.5. The lowest BCUT2D eigenvalue weighted by atomic mass is 9.82. The van der Waals surface area contributed by atoms with Gasteiger partial charge in [-0.2, -0.15) is 0 Å². The molecule has 0 aliphatic carbocycles. The Hall–Kier alpha value is -3.41.